The molecule has 0 atom stereocenters. The van der Waals surface area contributed by atoms with Gasteiger partial charge in [0.1, 0.15) is 0 Å². The van der Waals surface area contributed by atoms with Crippen molar-refractivity contribution in [2.75, 3.05) is 5.32 Å². The van der Waals surface area contributed by atoms with E-state index in [0.717, 1.165) is 23.0 Å². The third-order valence-corrected chi connectivity index (χ3v) is 4.22. The predicted octanol–water partition coefficient (Wildman–Crippen LogP) is 4.58. The average Bonchev–Trinajstić information content (AvgIpc) is 2.47. The van der Waals surface area contributed by atoms with Crippen molar-refractivity contribution in [3.05, 3.63) is 63.6 Å². The van der Waals surface area contributed by atoms with Gasteiger partial charge in [-0.2, -0.15) is 0 Å². The zero-order chi connectivity index (χ0) is 13.9. The van der Waals surface area contributed by atoms with Crippen LogP contribution in [0.1, 0.15) is 34.3 Å². The van der Waals surface area contributed by atoms with Gasteiger partial charge in [0.15, 0.2) is 0 Å². The van der Waals surface area contributed by atoms with Crippen molar-refractivity contribution in [3.8, 4) is 0 Å². The molecule has 0 aromatic heterocycles. The van der Waals surface area contributed by atoms with Gasteiger partial charge < -0.3 is 5.32 Å². The van der Waals surface area contributed by atoms with Crippen molar-refractivity contribution in [1.82, 2.24) is 0 Å². The number of halogens is 1. The van der Waals surface area contributed by atoms with Crippen LogP contribution in [0.5, 0.6) is 0 Å². The van der Waals surface area contributed by atoms with Crippen LogP contribution in [0.3, 0.4) is 0 Å². The van der Waals surface area contributed by atoms with Crippen molar-refractivity contribution in [2.45, 2.75) is 25.7 Å². The van der Waals surface area contributed by atoms with Gasteiger partial charge in [-0.3, -0.25) is 4.79 Å². The lowest BCUT2D eigenvalue weighted by molar-refractivity contribution is 0.102. The van der Waals surface area contributed by atoms with Crippen LogP contribution in [0, 0.1) is 0 Å². The maximum atomic E-state index is 12.3. The smallest absolute Gasteiger partial charge is 0.255 e. The van der Waals surface area contributed by atoms with E-state index in [1.54, 1.807) is 0 Å². The lowest BCUT2D eigenvalue weighted by atomic mass is 9.90. The first-order valence-corrected chi connectivity index (χ1v) is 7.71. The highest BCUT2D eigenvalue weighted by atomic mass is 79.9. The minimum atomic E-state index is -0.0507. The van der Waals surface area contributed by atoms with Crippen LogP contribution >= 0.6 is 15.9 Å². The number of fused-ring (bicyclic) bond motifs is 1. The van der Waals surface area contributed by atoms with Gasteiger partial charge >= 0.3 is 0 Å². The number of aryl methyl sites for hydroxylation is 1. The zero-order valence-corrected chi connectivity index (χ0v) is 12.7. The molecule has 0 bridgehead atoms. The van der Waals surface area contributed by atoms with Crippen LogP contribution in [0.15, 0.2) is 46.9 Å². The maximum Gasteiger partial charge on any atom is 0.255 e. The van der Waals surface area contributed by atoms with Gasteiger partial charge in [0.25, 0.3) is 5.91 Å². The molecule has 2 nitrogen and oxygen atoms in total. The van der Waals surface area contributed by atoms with E-state index in [0.29, 0.717) is 5.56 Å². The van der Waals surface area contributed by atoms with E-state index in [2.05, 4.69) is 27.3 Å². The van der Waals surface area contributed by atoms with Crippen LogP contribution < -0.4 is 5.32 Å². The first-order chi connectivity index (χ1) is 9.74. The SMILES string of the molecule is O=C(Nc1cccc2c1CCCC2)c1cccc(Br)c1. The highest BCUT2D eigenvalue weighted by Gasteiger charge is 2.15. The van der Waals surface area contributed by atoms with Gasteiger partial charge in [-0.05, 0) is 61.1 Å². The fraction of sp³-hybridized carbons (Fsp3) is 0.235. The monoisotopic (exact) mass is 329 g/mol. The molecule has 102 valence electrons. The molecular weight excluding hydrogens is 314 g/mol. The van der Waals surface area contributed by atoms with Crippen LogP contribution in [0.2, 0.25) is 0 Å². The Bertz CT molecular complexity index is 651. The molecule has 1 aliphatic rings. The summed E-state index contributed by atoms with van der Waals surface area (Å²) < 4.78 is 0.917. The number of nitrogens with one attached hydrogen (secondary N) is 1. The molecule has 0 fully saturated rings. The summed E-state index contributed by atoms with van der Waals surface area (Å²) in [6, 6.07) is 13.7. The van der Waals surface area contributed by atoms with Crippen molar-refractivity contribution < 1.29 is 4.79 Å². The number of rotatable bonds is 2. The first kappa shape index (κ1) is 13.4. The molecule has 1 aliphatic carbocycles. The molecule has 0 saturated carbocycles. The van der Waals surface area contributed by atoms with E-state index in [4.69, 9.17) is 0 Å². The standard InChI is InChI=1S/C17H16BrNO/c18-14-8-3-7-13(11-14)17(20)19-16-10-4-6-12-5-1-2-9-15(12)16/h3-4,6-8,10-11H,1-2,5,9H2,(H,19,20). The second-order valence-corrected chi connectivity index (χ2v) is 6.03. The minimum Gasteiger partial charge on any atom is -0.322 e. The summed E-state index contributed by atoms with van der Waals surface area (Å²) in [5, 5.41) is 3.05. The molecule has 0 spiro atoms. The van der Waals surface area contributed by atoms with E-state index in [1.807, 2.05) is 36.4 Å². The molecule has 2 aromatic carbocycles. The van der Waals surface area contributed by atoms with E-state index >= 15 is 0 Å². The first-order valence-electron chi connectivity index (χ1n) is 6.92. The van der Waals surface area contributed by atoms with Gasteiger partial charge in [0, 0.05) is 15.7 Å². The van der Waals surface area contributed by atoms with E-state index < -0.39 is 0 Å². The highest BCUT2D eigenvalue weighted by Crippen LogP contribution is 2.28. The molecule has 1 amide bonds. The lowest BCUT2D eigenvalue weighted by Crippen LogP contribution is -2.15. The molecule has 0 saturated heterocycles. The Morgan fingerprint density at radius 1 is 1.05 bits per heavy atom. The maximum absolute atomic E-state index is 12.3. The Kier molecular flexibility index (Phi) is 3.88. The number of amides is 1. The zero-order valence-electron chi connectivity index (χ0n) is 11.2. The summed E-state index contributed by atoms with van der Waals surface area (Å²) in [7, 11) is 0. The Balaban J connectivity index is 1.86. The predicted molar refractivity (Wildman–Crippen MR) is 85.2 cm³/mol. The number of hydrogen-bond donors (Lipinski definition) is 1. The quantitative estimate of drug-likeness (QED) is 0.858. The van der Waals surface area contributed by atoms with Gasteiger partial charge in [0.05, 0.1) is 0 Å². The summed E-state index contributed by atoms with van der Waals surface area (Å²) in [5.41, 5.74) is 4.32. The molecule has 0 radical (unpaired) electrons. The third kappa shape index (κ3) is 2.78. The van der Waals surface area contributed by atoms with E-state index in [1.165, 1.54) is 24.0 Å². The summed E-state index contributed by atoms with van der Waals surface area (Å²) in [5.74, 6) is -0.0507. The van der Waals surface area contributed by atoms with Crippen molar-refractivity contribution >= 4 is 27.5 Å². The number of carbonyl (C=O) groups is 1. The Hall–Kier alpha value is -1.61. The van der Waals surface area contributed by atoms with E-state index in [-0.39, 0.29) is 5.91 Å². The number of hydrogen-bond acceptors (Lipinski definition) is 1. The molecule has 0 aliphatic heterocycles. The van der Waals surface area contributed by atoms with Crippen LogP contribution in [0.25, 0.3) is 0 Å². The average molecular weight is 330 g/mol. The Morgan fingerprint density at radius 3 is 2.70 bits per heavy atom. The highest BCUT2D eigenvalue weighted by molar-refractivity contribution is 9.10. The number of carbonyl (C=O) groups excluding carboxylic acids is 1. The third-order valence-electron chi connectivity index (χ3n) is 3.73. The summed E-state index contributed by atoms with van der Waals surface area (Å²) in [6.45, 7) is 0. The topological polar surface area (TPSA) is 29.1 Å². The largest absolute Gasteiger partial charge is 0.322 e. The van der Waals surface area contributed by atoms with Gasteiger partial charge in [0.2, 0.25) is 0 Å². The normalized spacial score (nSPS) is 13.7. The molecule has 2 aromatic rings. The molecule has 0 unspecified atom stereocenters. The van der Waals surface area contributed by atoms with Crippen molar-refractivity contribution in [2.24, 2.45) is 0 Å². The second kappa shape index (κ2) is 5.80. The number of benzene rings is 2. The number of anilines is 1. The van der Waals surface area contributed by atoms with Gasteiger partial charge in [-0.15, -0.1) is 0 Å². The molecule has 20 heavy (non-hydrogen) atoms. The summed E-state index contributed by atoms with van der Waals surface area (Å²) >= 11 is 3.40. The summed E-state index contributed by atoms with van der Waals surface area (Å²) in [6.07, 6.45) is 4.63. The van der Waals surface area contributed by atoms with Gasteiger partial charge in [-0.25, -0.2) is 0 Å². The van der Waals surface area contributed by atoms with Crippen LogP contribution in [0.4, 0.5) is 5.69 Å². The Labute approximate surface area is 127 Å². The Morgan fingerprint density at radius 2 is 1.85 bits per heavy atom. The van der Waals surface area contributed by atoms with Crippen molar-refractivity contribution in [3.63, 3.8) is 0 Å². The van der Waals surface area contributed by atoms with Crippen LogP contribution in [-0.2, 0) is 12.8 Å². The molecule has 1 N–H and O–H groups in total. The molecule has 3 heteroatoms. The fourth-order valence-corrected chi connectivity index (χ4v) is 3.12. The van der Waals surface area contributed by atoms with Crippen LogP contribution in [-0.4, -0.2) is 5.91 Å². The molecule has 3 rings (SSSR count). The fourth-order valence-electron chi connectivity index (χ4n) is 2.72. The second-order valence-electron chi connectivity index (χ2n) is 5.11. The van der Waals surface area contributed by atoms with Gasteiger partial charge in [-0.1, -0.05) is 34.1 Å². The minimum absolute atomic E-state index is 0.0507. The van der Waals surface area contributed by atoms with Crippen molar-refractivity contribution in [1.29, 1.82) is 0 Å². The molecule has 0 heterocycles. The lowest BCUT2D eigenvalue weighted by Gasteiger charge is -2.19. The summed E-state index contributed by atoms with van der Waals surface area (Å²) in [4.78, 5) is 12.3. The molecular formula is C17H16BrNO. The van der Waals surface area contributed by atoms with E-state index in [9.17, 15) is 4.79 Å².